The molecule has 0 saturated heterocycles. The molecule has 0 fully saturated rings. The molecule has 4 nitrogen and oxygen atoms in total. The molecule has 0 aliphatic rings. The summed E-state index contributed by atoms with van der Waals surface area (Å²) in [7, 11) is 0. The molecule has 0 unspecified atom stereocenters. The van der Waals surface area contributed by atoms with Crippen molar-refractivity contribution in [3.05, 3.63) is 0 Å². The van der Waals surface area contributed by atoms with Gasteiger partial charge in [0.25, 0.3) is 5.92 Å². The molecule has 0 saturated carbocycles. The van der Waals surface area contributed by atoms with Gasteiger partial charge in [-0.3, -0.25) is 0 Å². The summed E-state index contributed by atoms with van der Waals surface area (Å²) in [4.78, 5) is 11.0. The van der Waals surface area contributed by atoms with Crippen molar-refractivity contribution in [3.8, 4) is 0 Å². The summed E-state index contributed by atoms with van der Waals surface area (Å²) in [5, 5.41) is 10.3. The predicted octanol–water partition coefficient (Wildman–Crippen LogP) is 1.53. The SMILES string of the molecule is CC(C)(C)OC(=O)NCC(F)(F)CCO. The van der Waals surface area contributed by atoms with Crippen molar-refractivity contribution in [2.24, 2.45) is 0 Å². The number of amides is 1. The van der Waals surface area contributed by atoms with Crippen molar-refractivity contribution in [2.45, 2.75) is 38.7 Å². The van der Waals surface area contributed by atoms with Crippen LogP contribution in [0.25, 0.3) is 0 Å². The molecule has 0 aliphatic carbocycles. The quantitative estimate of drug-likeness (QED) is 0.762. The van der Waals surface area contributed by atoms with Crippen LogP contribution in [0, 0.1) is 0 Å². The molecule has 0 atom stereocenters. The molecule has 0 aliphatic heterocycles. The number of ether oxygens (including phenoxy) is 1. The van der Waals surface area contributed by atoms with Gasteiger partial charge in [0.1, 0.15) is 5.60 Å². The van der Waals surface area contributed by atoms with E-state index < -0.39 is 37.2 Å². The predicted molar refractivity (Wildman–Crippen MR) is 50.9 cm³/mol. The highest BCUT2D eigenvalue weighted by Gasteiger charge is 2.29. The number of carbonyl (C=O) groups excluding carboxylic acids is 1. The highest BCUT2D eigenvalue weighted by molar-refractivity contribution is 5.67. The van der Waals surface area contributed by atoms with Crippen LogP contribution in [0.3, 0.4) is 0 Å². The molecule has 1 amide bonds. The zero-order chi connectivity index (χ0) is 12.1. The van der Waals surface area contributed by atoms with Gasteiger partial charge in [-0.15, -0.1) is 0 Å². The fraction of sp³-hybridized carbons (Fsp3) is 0.889. The molecule has 6 heteroatoms. The van der Waals surface area contributed by atoms with Crippen molar-refractivity contribution < 1.29 is 23.4 Å². The Morgan fingerprint density at radius 2 is 1.93 bits per heavy atom. The number of alkyl halides is 2. The lowest BCUT2D eigenvalue weighted by atomic mass is 10.2. The third-order valence-corrected chi connectivity index (χ3v) is 1.37. The summed E-state index contributed by atoms with van der Waals surface area (Å²) >= 11 is 0. The number of rotatable bonds is 4. The molecule has 90 valence electrons. The van der Waals surface area contributed by atoms with Crippen LogP contribution in [0.5, 0.6) is 0 Å². The van der Waals surface area contributed by atoms with Crippen LogP contribution in [0.1, 0.15) is 27.2 Å². The van der Waals surface area contributed by atoms with Gasteiger partial charge in [-0.05, 0) is 20.8 Å². The first-order valence-electron chi connectivity index (χ1n) is 4.62. The Balaban J connectivity index is 3.90. The van der Waals surface area contributed by atoms with E-state index in [0.717, 1.165) is 0 Å². The van der Waals surface area contributed by atoms with Gasteiger partial charge in [-0.25, -0.2) is 13.6 Å². The Kier molecular flexibility index (Phi) is 4.93. The number of hydrogen-bond donors (Lipinski definition) is 2. The number of halogens is 2. The molecule has 0 bridgehead atoms. The smallest absolute Gasteiger partial charge is 0.407 e. The van der Waals surface area contributed by atoms with Crippen LogP contribution in [-0.4, -0.2) is 35.9 Å². The second kappa shape index (κ2) is 5.25. The Bertz CT molecular complexity index is 214. The molecule has 0 heterocycles. The average molecular weight is 225 g/mol. The highest BCUT2D eigenvalue weighted by atomic mass is 19.3. The highest BCUT2D eigenvalue weighted by Crippen LogP contribution is 2.16. The molecular formula is C9H17F2NO3. The van der Waals surface area contributed by atoms with E-state index in [-0.39, 0.29) is 0 Å². The first kappa shape index (κ1) is 14.1. The zero-order valence-electron chi connectivity index (χ0n) is 9.14. The minimum absolute atomic E-state index is 0.622. The topological polar surface area (TPSA) is 58.6 Å². The monoisotopic (exact) mass is 225 g/mol. The largest absolute Gasteiger partial charge is 0.444 e. The summed E-state index contributed by atoms with van der Waals surface area (Å²) in [6, 6.07) is 0. The number of aliphatic hydroxyl groups excluding tert-OH is 1. The summed E-state index contributed by atoms with van der Waals surface area (Å²) in [6.45, 7) is 3.46. The van der Waals surface area contributed by atoms with E-state index >= 15 is 0 Å². The summed E-state index contributed by atoms with van der Waals surface area (Å²) in [5.74, 6) is -3.11. The third kappa shape index (κ3) is 8.11. The first-order valence-corrected chi connectivity index (χ1v) is 4.62. The minimum Gasteiger partial charge on any atom is -0.444 e. The van der Waals surface area contributed by atoms with Gasteiger partial charge in [0.05, 0.1) is 6.54 Å². The molecular weight excluding hydrogens is 208 g/mol. The average Bonchev–Trinajstić information content (AvgIpc) is 1.98. The number of carbonyl (C=O) groups is 1. The number of hydrogen-bond acceptors (Lipinski definition) is 3. The van der Waals surface area contributed by atoms with Gasteiger partial charge in [-0.2, -0.15) is 0 Å². The first-order chi connectivity index (χ1) is 6.66. The van der Waals surface area contributed by atoms with Crippen LogP contribution in [-0.2, 0) is 4.74 Å². The fourth-order valence-corrected chi connectivity index (χ4v) is 0.768. The van der Waals surface area contributed by atoms with Crippen LogP contribution in [0.15, 0.2) is 0 Å². The molecule has 15 heavy (non-hydrogen) atoms. The molecule has 0 rings (SSSR count). The lowest BCUT2D eigenvalue weighted by Gasteiger charge is -2.21. The molecule has 0 aromatic carbocycles. The maximum absolute atomic E-state index is 12.8. The normalized spacial score (nSPS) is 12.4. The Labute approximate surface area is 87.6 Å². The molecule has 2 N–H and O–H groups in total. The Morgan fingerprint density at radius 3 is 2.33 bits per heavy atom. The maximum Gasteiger partial charge on any atom is 0.407 e. The van der Waals surface area contributed by atoms with Crippen molar-refractivity contribution in [1.82, 2.24) is 5.32 Å². The minimum atomic E-state index is -3.11. The van der Waals surface area contributed by atoms with Gasteiger partial charge >= 0.3 is 6.09 Å². The summed E-state index contributed by atoms with van der Waals surface area (Å²) < 4.78 is 30.3. The summed E-state index contributed by atoms with van der Waals surface area (Å²) in [5.41, 5.74) is -0.712. The van der Waals surface area contributed by atoms with Gasteiger partial charge in [0.15, 0.2) is 0 Å². The molecule has 0 spiro atoms. The number of aliphatic hydroxyl groups is 1. The van der Waals surface area contributed by atoms with E-state index in [4.69, 9.17) is 9.84 Å². The van der Waals surface area contributed by atoms with Gasteiger partial charge in [-0.1, -0.05) is 0 Å². The second-order valence-electron chi connectivity index (χ2n) is 4.19. The van der Waals surface area contributed by atoms with Crippen LogP contribution >= 0.6 is 0 Å². The van der Waals surface area contributed by atoms with E-state index in [0.29, 0.717) is 0 Å². The lowest BCUT2D eigenvalue weighted by Crippen LogP contribution is -2.40. The van der Waals surface area contributed by atoms with E-state index in [1.54, 1.807) is 20.8 Å². The van der Waals surface area contributed by atoms with Crippen LogP contribution < -0.4 is 5.32 Å². The van der Waals surface area contributed by atoms with Crippen molar-refractivity contribution in [3.63, 3.8) is 0 Å². The molecule has 0 radical (unpaired) electrons. The van der Waals surface area contributed by atoms with E-state index in [2.05, 4.69) is 0 Å². The van der Waals surface area contributed by atoms with Crippen LogP contribution in [0.4, 0.5) is 13.6 Å². The zero-order valence-corrected chi connectivity index (χ0v) is 9.14. The molecule has 0 aromatic rings. The van der Waals surface area contributed by atoms with Gasteiger partial charge in [0, 0.05) is 13.0 Å². The summed E-state index contributed by atoms with van der Waals surface area (Å²) in [6.07, 6.45) is -1.57. The number of alkyl carbamates (subject to hydrolysis) is 1. The second-order valence-corrected chi connectivity index (χ2v) is 4.19. The third-order valence-electron chi connectivity index (χ3n) is 1.37. The van der Waals surface area contributed by atoms with E-state index in [1.165, 1.54) is 0 Å². The van der Waals surface area contributed by atoms with Gasteiger partial charge in [0.2, 0.25) is 0 Å². The van der Waals surface area contributed by atoms with Crippen LogP contribution in [0.2, 0.25) is 0 Å². The Hall–Kier alpha value is -0.910. The van der Waals surface area contributed by atoms with Crippen molar-refractivity contribution >= 4 is 6.09 Å². The van der Waals surface area contributed by atoms with Gasteiger partial charge < -0.3 is 15.2 Å². The number of nitrogens with one attached hydrogen (secondary N) is 1. The standard InChI is InChI=1S/C9H17F2NO3/c1-8(2,3)15-7(14)12-6-9(10,11)4-5-13/h13H,4-6H2,1-3H3,(H,12,14). The fourth-order valence-electron chi connectivity index (χ4n) is 0.768. The molecule has 0 aromatic heterocycles. The van der Waals surface area contributed by atoms with E-state index in [9.17, 15) is 13.6 Å². The van der Waals surface area contributed by atoms with Crippen molar-refractivity contribution in [1.29, 1.82) is 0 Å². The lowest BCUT2D eigenvalue weighted by molar-refractivity contribution is -0.0233. The maximum atomic E-state index is 12.8. The van der Waals surface area contributed by atoms with E-state index in [1.807, 2.05) is 5.32 Å². The Morgan fingerprint density at radius 1 is 1.40 bits per heavy atom. The van der Waals surface area contributed by atoms with Crippen molar-refractivity contribution in [2.75, 3.05) is 13.2 Å².